The molecule has 3 rings (SSSR count). The Hall–Kier alpha value is -2.48. The highest BCUT2D eigenvalue weighted by molar-refractivity contribution is 5.79. The molecule has 2 aromatic rings. The highest BCUT2D eigenvalue weighted by Gasteiger charge is 2.29. The molecule has 2 nitrogen and oxygen atoms in total. The van der Waals surface area contributed by atoms with Gasteiger partial charge in [-0.3, -0.25) is 0 Å². The molecular formula is C42H64N2. The SMILES string of the molecule is CCCCCCCCc1cc(CCCC)cc(C2=CC(CC)=C(c3cc(CCCC)cc(CCCCCCCC)c3)[N+]2=[N-])c1. The summed E-state index contributed by atoms with van der Waals surface area (Å²) in [5, 5.41) is 0. The van der Waals surface area contributed by atoms with Crippen LogP contribution in [0.5, 0.6) is 0 Å². The van der Waals surface area contributed by atoms with Crippen molar-refractivity contribution >= 4 is 11.4 Å². The molecule has 0 fully saturated rings. The molecule has 242 valence electrons. The van der Waals surface area contributed by atoms with Crippen LogP contribution >= 0.6 is 0 Å². The zero-order chi connectivity index (χ0) is 31.6. The van der Waals surface area contributed by atoms with E-state index in [1.807, 2.05) is 0 Å². The number of allylic oxidation sites excluding steroid dienone is 2. The number of nitrogens with zero attached hydrogens (tertiary/aromatic N) is 2. The number of aryl methyl sites for hydroxylation is 4. The third kappa shape index (κ3) is 11.5. The van der Waals surface area contributed by atoms with E-state index >= 15 is 0 Å². The van der Waals surface area contributed by atoms with E-state index in [-0.39, 0.29) is 0 Å². The lowest BCUT2D eigenvalue weighted by atomic mass is 9.95. The van der Waals surface area contributed by atoms with Crippen molar-refractivity contribution in [3.63, 3.8) is 0 Å². The Kier molecular flexibility index (Phi) is 16.8. The van der Waals surface area contributed by atoms with Gasteiger partial charge in [-0.25, -0.2) is 4.70 Å². The second kappa shape index (κ2) is 20.5. The van der Waals surface area contributed by atoms with Gasteiger partial charge in [-0.1, -0.05) is 124 Å². The van der Waals surface area contributed by atoms with Crippen LogP contribution in [0.25, 0.3) is 16.9 Å². The lowest BCUT2D eigenvalue weighted by Gasteiger charge is -2.14. The van der Waals surface area contributed by atoms with Gasteiger partial charge in [0.2, 0.25) is 11.4 Å². The molecule has 0 unspecified atom stereocenters. The Labute approximate surface area is 271 Å². The van der Waals surface area contributed by atoms with Crippen molar-refractivity contribution in [3.8, 4) is 0 Å². The van der Waals surface area contributed by atoms with Crippen LogP contribution in [0.1, 0.15) is 177 Å². The normalized spacial score (nSPS) is 13.3. The summed E-state index contributed by atoms with van der Waals surface area (Å²) in [6, 6.07) is 14.3. The molecule has 0 aliphatic carbocycles. The zero-order valence-electron chi connectivity index (χ0n) is 29.3. The van der Waals surface area contributed by atoms with Gasteiger partial charge in [-0.05, 0) is 104 Å². The van der Waals surface area contributed by atoms with Crippen LogP contribution < -0.4 is 0 Å². The first-order valence-electron chi connectivity index (χ1n) is 18.7. The van der Waals surface area contributed by atoms with Gasteiger partial charge in [0.25, 0.3) is 0 Å². The van der Waals surface area contributed by atoms with E-state index < -0.39 is 0 Å². The molecule has 0 N–H and O–H groups in total. The molecule has 1 heterocycles. The predicted molar refractivity (Wildman–Crippen MR) is 193 cm³/mol. The second-order valence-electron chi connectivity index (χ2n) is 13.4. The summed E-state index contributed by atoms with van der Waals surface area (Å²) in [5.41, 5.74) is 23.1. The Balaban J connectivity index is 1.85. The van der Waals surface area contributed by atoms with Crippen molar-refractivity contribution in [2.24, 2.45) is 0 Å². The van der Waals surface area contributed by atoms with Crippen molar-refractivity contribution in [2.45, 2.75) is 169 Å². The molecule has 0 amide bonds. The Bertz CT molecular complexity index is 1210. The molecule has 1 aliphatic rings. The Morgan fingerprint density at radius 3 is 1.27 bits per heavy atom. The number of unbranched alkanes of at least 4 members (excludes halogenated alkanes) is 12. The van der Waals surface area contributed by atoms with Crippen LogP contribution in [0, 0.1) is 0 Å². The van der Waals surface area contributed by atoms with Gasteiger partial charge in [0.15, 0.2) is 0 Å². The molecule has 2 aromatic carbocycles. The van der Waals surface area contributed by atoms with Crippen molar-refractivity contribution in [1.29, 1.82) is 0 Å². The summed E-state index contributed by atoms with van der Waals surface area (Å²) in [4.78, 5) is 0. The fourth-order valence-corrected chi connectivity index (χ4v) is 6.70. The Morgan fingerprint density at radius 2 is 0.841 bits per heavy atom. The van der Waals surface area contributed by atoms with Crippen LogP contribution in [0.15, 0.2) is 48.0 Å². The fraction of sp³-hybridized carbons (Fsp3) is 0.619. The fourth-order valence-electron chi connectivity index (χ4n) is 6.70. The quantitative estimate of drug-likeness (QED) is 0.0900. The van der Waals surface area contributed by atoms with Gasteiger partial charge < -0.3 is 5.53 Å². The summed E-state index contributed by atoms with van der Waals surface area (Å²) in [6.45, 7) is 11.3. The van der Waals surface area contributed by atoms with Crippen LogP contribution in [0.4, 0.5) is 0 Å². The highest BCUT2D eigenvalue weighted by atomic mass is 15.2. The molecular weight excluding hydrogens is 532 g/mol. The molecule has 0 radical (unpaired) electrons. The van der Waals surface area contributed by atoms with Gasteiger partial charge in [-0.2, -0.15) is 0 Å². The molecule has 0 spiro atoms. The first-order valence-corrected chi connectivity index (χ1v) is 18.7. The summed E-state index contributed by atoms with van der Waals surface area (Å²) in [7, 11) is 0. The maximum Gasteiger partial charge on any atom is 0.210 e. The highest BCUT2D eigenvalue weighted by Crippen LogP contribution is 2.38. The lowest BCUT2D eigenvalue weighted by molar-refractivity contribution is -0.344. The van der Waals surface area contributed by atoms with Gasteiger partial charge in [0.05, 0.1) is 0 Å². The van der Waals surface area contributed by atoms with E-state index in [1.165, 1.54) is 141 Å². The van der Waals surface area contributed by atoms with Gasteiger partial charge in [-0.15, -0.1) is 0 Å². The number of benzene rings is 2. The van der Waals surface area contributed by atoms with Gasteiger partial charge in [0, 0.05) is 22.8 Å². The van der Waals surface area contributed by atoms with E-state index in [1.54, 1.807) is 0 Å². The number of hydrogen-bond donors (Lipinski definition) is 0. The second-order valence-corrected chi connectivity index (χ2v) is 13.4. The number of hydrogen-bond acceptors (Lipinski definition) is 0. The predicted octanol–water partition coefficient (Wildman–Crippen LogP) is 13.4. The minimum atomic E-state index is 0.905. The third-order valence-electron chi connectivity index (χ3n) is 9.39. The lowest BCUT2D eigenvalue weighted by Crippen LogP contribution is -2.05. The number of rotatable bonds is 23. The standard InChI is InChI=1S/C42H64N2/c1-6-11-15-17-19-21-25-36-27-34(23-13-8-3)29-39(30-36)41-33-38(10-5)42(44(41)43)40-31-35(24-14-9-4)28-37(32-40)26-22-20-18-16-12-7-2/h27-33H,6-26H2,1-5H3. The summed E-state index contributed by atoms with van der Waals surface area (Å²) in [5.74, 6) is 0. The topological polar surface area (TPSA) is 25.3 Å². The maximum absolute atomic E-state index is 11.9. The van der Waals surface area contributed by atoms with Crippen LogP contribution in [-0.2, 0) is 25.7 Å². The third-order valence-corrected chi connectivity index (χ3v) is 9.39. The largest absolute Gasteiger partial charge is 0.493 e. The summed E-state index contributed by atoms with van der Waals surface area (Å²) >= 11 is 0. The summed E-state index contributed by atoms with van der Waals surface area (Å²) < 4.78 is 1.53. The molecule has 44 heavy (non-hydrogen) atoms. The van der Waals surface area contributed by atoms with E-state index in [9.17, 15) is 5.53 Å². The van der Waals surface area contributed by atoms with Crippen molar-refractivity contribution in [2.75, 3.05) is 0 Å². The molecule has 0 saturated carbocycles. The zero-order valence-corrected chi connectivity index (χ0v) is 29.3. The van der Waals surface area contributed by atoms with Crippen molar-refractivity contribution in [1.82, 2.24) is 0 Å². The van der Waals surface area contributed by atoms with E-state index in [2.05, 4.69) is 77.1 Å². The minimum absolute atomic E-state index is 0.905. The summed E-state index contributed by atoms with van der Waals surface area (Å²) in [6.07, 6.45) is 28.3. The monoisotopic (exact) mass is 597 g/mol. The molecule has 0 saturated heterocycles. The molecule has 0 bridgehead atoms. The maximum atomic E-state index is 11.9. The van der Waals surface area contributed by atoms with Gasteiger partial charge in [0.1, 0.15) is 0 Å². The first-order chi connectivity index (χ1) is 21.5. The van der Waals surface area contributed by atoms with E-state index in [0.717, 1.165) is 49.1 Å². The van der Waals surface area contributed by atoms with E-state index in [0.29, 0.717) is 0 Å². The smallest absolute Gasteiger partial charge is 0.210 e. The molecule has 0 atom stereocenters. The average molecular weight is 597 g/mol. The Morgan fingerprint density at radius 1 is 0.455 bits per heavy atom. The van der Waals surface area contributed by atoms with Crippen molar-refractivity contribution < 1.29 is 4.70 Å². The van der Waals surface area contributed by atoms with Crippen LogP contribution in [-0.4, -0.2) is 4.70 Å². The van der Waals surface area contributed by atoms with Gasteiger partial charge >= 0.3 is 0 Å². The van der Waals surface area contributed by atoms with Crippen LogP contribution in [0.3, 0.4) is 0 Å². The minimum Gasteiger partial charge on any atom is -0.493 e. The van der Waals surface area contributed by atoms with Crippen molar-refractivity contribution in [3.05, 3.63) is 87.0 Å². The first kappa shape index (κ1) is 36.0. The van der Waals surface area contributed by atoms with E-state index in [4.69, 9.17) is 0 Å². The van der Waals surface area contributed by atoms with Crippen LogP contribution in [0.2, 0.25) is 0 Å². The molecule has 1 aliphatic heterocycles. The molecule has 2 heteroatoms. The molecule has 0 aromatic heterocycles. The average Bonchev–Trinajstić information content (AvgIpc) is 3.38.